The number of benzene rings is 1. The quantitative estimate of drug-likeness (QED) is 0.665. The van der Waals surface area contributed by atoms with Gasteiger partial charge in [0.2, 0.25) is 6.79 Å². The van der Waals surface area contributed by atoms with Crippen LogP contribution in [0.4, 0.5) is 0 Å². The summed E-state index contributed by atoms with van der Waals surface area (Å²) >= 11 is 0. The summed E-state index contributed by atoms with van der Waals surface area (Å²) in [7, 11) is 0. The van der Waals surface area contributed by atoms with Crippen LogP contribution in [0, 0.1) is 6.42 Å². The van der Waals surface area contributed by atoms with Crippen LogP contribution in [-0.2, 0) is 6.42 Å². The first-order valence-corrected chi connectivity index (χ1v) is 4.06. The highest BCUT2D eigenvalue weighted by Crippen LogP contribution is 2.32. The molecule has 2 nitrogen and oxygen atoms in total. The first-order chi connectivity index (χ1) is 5.90. The molecule has 1 aliphatic heterocycles. The summed E-state index contributed by atoms with van der Waals surface area (Å²) < 4.78 is 10.4. The summed E-state index contributed by atoms with van der Waals surface area (Å²) in [5, 5.41) is 0. The molecule has 2 heteroatoms. The van der Waals surface area contributed by atoms with E-state index in [1.165, 1.54) is 5.56 Å². The fourth-order valence-corrected chi connectivity index (χ4v) is 1.30. The van der Waals surface area contributed by atoms with Gasteiger partial charge in [0, 0.05) is 0 Å². The fraction of sp³-hybridized carbons (Fsp3) is 0.300. The zero-order valence-electron chi connectivity index (χ0n) is 7.04. The molecule has 2 rings (SSSR count). The van der Waals surface area contributed by atoms with E-state index in [0.29, 0.717) is 6.79 Å². The molecule has 63 valence electrons. The number of hydrogen-bond donors (Lipinski definition) is 0. The molecule has 1 heterocycles. The molecular formula is C10H11O2. The minimum Gasteiger partial charge on any atom is -0.454 e. The largest absolute Gasteiger partial charge is 0.454 e. The molecule has 12 heavy (non-hydrogen) atoms. The number of ether oxygens (including phenoxy) is 2. The molecule has 0 saturated carbocycles. The number of fused-ring (bicyclic) bond motifs is 1. The van der Waals surface area contributed by atoms with E-state index in [4.69, 9.17) is 9.47 Å². The Morgan fingerprint density at radius 3 is 3.00 bits per heavy atom. The maximum absolute atomic E-state index is 5.25. The van der Waals surface area contributed by atoms with E-state index in [1.54, 1.807) is 0 Å². The predicted octanol–water partition coefficient (Wildman–Crippen LogP) is 2.18. The van der Waals surface area contributed by atoms with Crippen molar-refractivity contribution >= 4 is 0 Å². The highest BCUT2D eigenvalue weighted by molar-refractivity contribution is 5.44. The molecule has 0 amide bonds. The number of hydrogen-bond acceptors (Lipinski definition) is 2. The van der Waals surface area contributed by atoms with E-state index in [9.17, 15) is 0 Å². The molecule has 0 aliphatic carbocycles. The van der Waals surface area contributed by atoms with Gasteiger partial charge in [-0.1, -0.05) is 13.0 Å². The van der Waals surface area contributed by atoms with Gasteiger partial charge in [-0.25, -0.2) is 0 Å². The molecule has 0 spiro atoms. The Morgan fingerprint density at radius 2 is 2.17 bits per heavy atom. The minimum atomic E-state index is 0.356. The summed E-state index contributed by atoms with van der Waals surface area (Å²) in [6.45, 7) is 2.40. The van der Waals surface area contributed by atoms with Crippen molar-refractivity contribution in [2.75, 3.05) is 6.79 Å². The Kier molecular flexibility index (Phi) is 1.90. The van der Waals surface area contributed by atoms with Crippen molar-refractivity contribution in [3.05, 3.63) is 30.2 Å². The summed E-state index contributed by atoms with van der Waals surface area (Å²) in [4.78, 5) is 0. The van der Waals surface area contributed by atoms with Crippen molar-refractivity contribution in [1.29, 1.82) is 0 Å². The summed E-state index contributed by atoms with van der Waals surface area (Å²) in [6.07, 6.45) is 3.11. The van der Waals surface area contributed by atoms with E-state index in [1.807, 2.05) is 19.1 Å². The van der Waals surface area contributed by atoms with Crippen molar-refractivity contribution in [1.82, 2.24) is 0 Å². The third kappa shape index (κ3) is 1.24. The van der Waals surface area contributed by atoms with Gasteiger partial charge in [-0.3, -0.25) is 0 Å². The van der Waals surface area contributed by atoms with Crippen LogP contribution in [0.3, 0.4) is 0 Å². The second kappa shape index (κ2) is 3.05. The summed E-state index contributed by atoms with van der Waals surface area (Å²) in [5.74, 6) is 1.73. The maximum Gasteiger partial charge on any atom is 0.231 e. The Labute approximate surface area is 72.1 Å². The van der Waals surface area contributed by atoms with Crippen molar-refractivity contribution < 1.29 is 9.47 Å². The molecule has 0 aromatic heterocycles. The normalized spacial score (nSPS) is 13.4. The Balaban J connectivity index is 2.26. The van der Waals surface area contributed by atoms with Crippen LogP contribution in [-0.4, -0.2) is 6.79 Å². The summed E-state index contributed by atoms with van der Waals surface area (Å²) in [5.41, 5.74) is 1.27. The van der Waals surface area contributed by atoms with E-state index < -0.39 is 0 Å². The van der Waals surface area contributed by atoms with E-state index >= 15 is 0 Å². The van der Waals surface area contributed by atoms with E-state index in [-0.39, 0.29) is 0 Å². The SMILES string of the molecule is C[CH]Cc1ccc2c(c1)OCO2. The highest BCUT2D eigenvalue weighted by atomic mass is 16.7. The van der Waals surface area contributed by atoms with Crippen LogP contribution in [0.15, 0.2) is 18.2 Å². The molecule has 0 fully saturated rings. The average molecular weight is 163 g/mol. The molecule has 0 unspecified atom stereocenters. The lowest BCUT2D eigenvalue weighted by Crippen LogP contribution is -1.92. The molecule has 0 bridgehead atoms. The average Bonchev–Trinajstić information content (AvgIpc) is 2.51. The fourth-order valence-electron chi connectivity index (χ4n) is 1.30. The first-order valence-electron chi connectivity index (χ1n) is 4.06. The van der Waals surface area contributed by atoms with Crippen molar-refractivity contribution in [3.63, 3.8) is 0 Å². The van der Waals surface area contributed by atoms with Gasteiger partial charge in [-0.2, -0.15) is 0 Å². The highest BCUT2D eigenvalue weighted by Gasteiger charge is 2.12. The predicted molar refractivity (Wildman–Crippen MR) is 46.2 cm³/mol. The molecule has 0 N–H and O–H groups in total. The lowest BCUT2D eigenvalue weighted by atomic mass is 10.1. The summed E-state index contributed by atoms with van der Waals surface area (Å²) in [6, 6.07) is 6.05. The smallest absolute Gasteiger partial charge is 0.231 e. The van der Waals surface area contributed by atoms with Gasteiger partial charge in [0.15, 0.2) is 11.5 Å². The van der Waals surface area contributed by atoms with E-state index in [0.717, 1.165) is 17.9 Å². The lowest BCUT2D eigenvalue weighted by Gasteiger charge is -1.99. The zero-order chi connectivity index (χ0) is 8.39. The molecule has 1 radical (unpaired) electrons. The number of rotatable bonds is 2. The van der Waals surface area contributed by atoms with Gasteiger partial charge >= 0.3 is 0 Å². The van der Waals surface area contributed by atoms with E-state index in [2.05, 4.69) is 12.5 Å². The Morgan fingerprint density at radius 1 is 1.33 bits per heavy atom. The lowest BCUT2D eigenvalue weighted by molar-refractivity contribution is 0.174. The minimum absolute atomic E-state index is 0.356. The van der Waals surface area contributed by atoms with Gasteiger partial charge in [-0.15, -0.1) is 0 Å². The molecule has 1 aliphatic rings. The third-order valence-corrected chi connectivity index (χ3v) is 1.88. The van der Waals surface area contributed by atoms with Crippen LogP contribution >= 0.6 is 0 Å². The Hall–Kier alpha value is -1.18. The van der Waals surface area contributed by atoms with Gasteiger partial charge in [0.25, 0.3) is 0 Å². The van der Waals surface area contributed by atoms with Crippen LogP contribution in [0.5, 0.6) is 11.5 Å². The molecular weight excluding hydrogens is 152 g/mol. The molecule has 0 saturated heterocycles. The van der Waals surface area contributed by atoms with Crippen molar-refractivity contribution in [2.24, 2.45) is 0 Å². The second-order valence-electron chi connectivity index (χ2n) is 2.80. The van der Waals surface area contributed by atoms with Crippen LogP contribution in [0.25, 0.3) is 0 Å². The molecule has 0 atom stereocenters. The molecule has 1 aromatic rings. The van der Waals surface area contributed by atoms with Gasteiger partial charge in [-0.05, 0) is 30.5 Å². The zero-order valence-corrected chi connectivity index (χ0v) is 7.04. The maximum atomic E-state index is 5.25. The first kappa shape index (κ1) is 7.47. The third-order valence-electron chi connectivity index (χ3n) is 1.88. The van der Waals surface area contributed by atoms with Crippen LogP contribution in [0.2, 0.25) is 0 Å². The van der Waals surface area contributed by atoms with Gasteiger partial charge < -0.3 is 9.47 Å². The second-order valence-corrected chi connectivity index (χ2v) is 2.80. The van der Waals surface area contributed by atoms with Gasteiger partial charge in [0.05, 0.1) is 0 Å². The van der Waals surface area contributed by atoms with Gasteiger partial charge in [0.1, 0.15) is 0 Å². The van der Waals surface area contributed by atoms with Crippen molar-refractivity contribution in [2.45, 2.75) is 13.3 Å². The van der Waals surface area contributed by atoms with Crippen LogP contribution < -0.4 is 9.47 Å². The van der Waals surface area contributed by atoms with Crippen molar-refractivity contribution in [3.8, 4) is 11.5 Å². The monoisotopic (exact) mass is 163 g/mol. The van der Waals surface area contributed by atoms with Crippen LogP contribution in [0.1, 0.15) is 12.5 Å². The Bertz CT molecular complexity index is 281. The molecule has 1 aromatic carbocycles. The standard InChI is InChI=1S/C10H11O2/c1-2-3-8-4-5-9-10(6-8)12-7-11-9/h2,4-6H,3,7H2,1H3. The topological polar surface area (TPSA) is 18.5 Å².